The van der Waals surface area contributed by atoms with Crippen LogP contribution in [0.4, 0.5) is 10.1 Å². The molecule has 0 fully saturated rings. The van der Waals surface area contributed by atoms with Crippen molar-refractivity contribution in [3.63, 3.8) is 0 Å². The maximum atomic E-state index is 13.8. The third-order valence-corrected chi connectivity index (χ3v) is 3.87. The van der Waals surface area contributed by atoms with Gasteiger partial charge in [0.2, 0.25) is 0 Å². The maximum absolute atomic E-state index is 13.8. The molecule has 2 N–H and O–H groups in total. The van der Waals surface area contributed by atoms with Crippen LogP contribution < -0.4 is 5.73 Å². The van der Waals surface area contributed by atoms with Gasteiger partial charge < -0.3 is 10.6 Å². The van der Waals surface area contributed by atoms with Crippen molar-refractivity contribution in [1.82, 2.24) is 4.90 Å². The van der Waals surface area contributed by atoms with E-state index < -0.39 is 0 Å². The maximum Gasteiger partial charge on any atom is 0.254 e. The molecule has 0 spiro atoms. The highest BCUT2D eigenvalue weighted by atomic mass is 79.9. The van der Waals surface area contributed by atoms with E-state index in [0.717, 1.165) is 10.0 Å². The highest BCUT2D eigenvalue weighted by Gasteiger charge is 2.27. The third kappa shape index (κ3) is 2.29. The molecule has 0 saturated carbocycles. The summed E-state index contributed by atoms with van der Waals surface area (Å²) in [6, 6.07) is 10.0. The van der Waals surface area contributed by atoms with Gasteiger partial charge in [-0.3, -0.25) is 4.79 Å². The average molecular weight is 335 g/mol. The van der Waals surface area contributed by atoms with E-state index in [0.29, 0.717) is 23.4 Å². The lowest BCUT2D eigenvalue weighted by molar-refractivity contribution is 0.0765. The molecule has 0 saturated heterocycles. The molecule has 0 aliphatic carbocycles. The summed E-state index contributed by atoms with van der Waals surface area (Å²) in [5.74, 6) is -0.414. The second kappa shape index (κ2) is 4.90. The monoisotopic (exact) mass is 334 g/mol. The normalized spacial score (nSPS) is 13.7. The number of nitrogens with two attached hydrogens (primary N) is 1. The first-order valence-electron chi connectivity index (χ1n) is 6.16. The minimum atomic E-state index is -0.309. The molecule has 0 atom stereocenters. The summed E-state index contributed by atoms with van der Waals surface area (Å²) in [4.78, 5) is 13.9. The molecule has 1 aliphatic heterocycles. The molecule has 5 heteroatoms. The summed E-state index contributed by atoms with van der Waals surface area (Å²) in [5.41, 5.74) is 8.30. The number of nitrogens with zero attached hydrogens (tertiary/aromatic N) is 1. The fourth-order valence-corrected chi connectivity index (χ4v) is 2.79. The predicted octanol–water partition coefficient (Wildman–Crippen LogP) is 3.33. The number of fused-ring (bicyclic) bond motifs is 1. The van der Waals surface area contributed by atoms with Gasteiger partial charge in [0.05, 0.1) is 0 Å². The number of hydrogen-bond acceptors (Lipinski definition) is 2. The summed E-state index contributed by atoms with van der Waals surface area (Å²) in [6.45, 7) is 0.735. The van der Waals surface area contributed by atoms with Gasteiger partial charge in [-0.1, -0.05) is 22.0 Å². The minimum absolute atomic E-state index is 0.105. The molecule has 3 rings (SSSR count). The number of hydrogen-bond donors (Lipinski definition) is 1. The van der Waals surface area contributed by atoms with Crippen LogP contribution in [0.15, 0.2) is 40.9 Å². The van der Waals surface area contributed by atoms with Crippen LogP contribution in [-0.2, 0) is 13.1 Å². The minimum Gasteiger partial charge on any atom is -0.399 e. The van der Waals surface area contributed by atoms with E-state index in [9.17, 15) is 9.18 Å². The lowest BCUT2D eigenvalue weighted by Crippen LogP contribution is -2.23. The van der Waals surface area contributed by atoms with Gasteiger partial charge in [-0.25, -0.2) is 4.39 Å². The van der Waals surface area contributed by atoms with Crippen LogP contribution in [0.1, 0.15) is 21.5 Å². The van der Waals surface area contributed by atoms with Gasteiger partial charge in [-0.05, 0) is 35.9 Å². The average Bonchev–Trinajstić information content (AvgIpc) is 2.71. The van der Waals surface area contributed by atoms with E-state index in [1.54, 1.807) is 29.2 Å². The van der Waals surface area contributed by atoms with Gasteiger partial charge in [0.1, 0.15) is 5.82 Å². The summed E-state index contributed by atoms with van der Waals surface area (Å²) in [6.07, 6.45) is 0. The Labute approximate surface area is 124 Å². The molecule has 2 aromatic rings. The predicted molar refractivity (Wildman–Crippen MR) is 78.5 cm³/mol. The molecule has 20 heavy (non-hydrogen) atoms. The smallest absolute Gasteiger partial charge is 0.254 e. The van der Waals surface area contributed by atoms with E-state index >= 15 is 0 Å². The van der Waals surface area contributed by atoms with Gasteiger partial charge in [0.15, 0.2) is 0 Å². The number of nitrogen functional groups attached to an aromatic ring is 1. The second-order valence-corrected chi connectivity index (χ2v) is 5.73. The molecule has 1 aliphatic rings. The Kier molecular flexibility index (Phi) is 3.22. The standard InChI is InChI=1S/C15H12BrFN2O/c16-11-2-4-14(17)10(5-11)8-19-7-9-1-3-12(18)6-13(9)15(19)20/h1-6H,7-8,18H2. The van der Waals surface area contributed by atoms with Gasteiger partial charge in [0.25, 0.3) is 5.91 Å². The number of rotatable bonds is 2. The Hall–Kier alpha value is -1.88. The highest BCUT2D eigenvalue weighted by Crippen LogP contribution is 2.27. The van der Waals surface area contributed by atoms with E-state index in [1.165, 1.54) is 6.07 Å². The number of carbonyl (C=O) groups excluding carboxylic acids is 1. The molecular formula is C15H12BrFN2O. The number of carbonyl (C=O) groups is 1. The van der Waals surface area contributed by atoms with Crippen LogP contribution >= 0.6 is 15.9 Å². The van der Waals surface area contributed by atoms with E-state index in [-0.39, 0.29) is 18.3 Å². The molecular weight excluding hydrogens is 323 g/mol. The number of benzene rings is 2. The van der Waals surface area contributed by atoms with Gasteiger partial charge >= 0.3 is 0 Å². The van der Waals surface area contributed by atoms with Crippen molar-refractivity contribution < 1.29 is 9.18 Å². The zero-order valence-electron chi connectivity index (χ0n) is 10.6. The second-order valence-electron chi connectivity index (χ2n) is 4.81. The van der Waals surface area contributed by atoms with Crippen molar-refractivity contribution in [2.75, 3.05) is 5.73 Å². The van der Waals surface area contributed by atoms with Crippen molar-refractivity contribution in [1.29, 1.82) is 0 Å². The van der Waals surface area contributed by atoms with Crippen molar-refractivity contribution in [3.8, 4) is 0 Å². The van der Waals surface area contributed by atoms with Crippen LogP contribution in [0, 0.1) is 5.82 Å². The Morgan fingerprint density at radius 1 is 1.25 bits per heavy atom. The zero-order chi connectivity index (χ0) is 14.3. The fourth-order valence-electron chi connectivity index (χ4n) is 2.38. The molecule has 2 aromatic carbocycles. The Morgan fingerprint density at radius 3 is 2.85 bits per heavy atom. The Morgan fingerprint density at radius 2 is 2.05 bits per heavy atom. The van der Waals surface area contributed by atoms with Crippen molar-refractivity contribution in [2.45, 2.75) is 13.1 Å². The molecule has 102 valence electrons. The van der Waals surface area contributed by atoms with Crippen LogP contribution in [-0.4, -0.2) is 10.8 Å². The number of amides is 1. The van der Waals surface area contributed by atoms with E-state index in [2.05, 4.69) is 15.9 Å². The van der Waals surface area contributed by atoms with E-state index in [4.69, 9.17) is 5.73 Å². The van der Waals surface area contributed by atoms with Crippen LogP contribution in [0.25, 0.3) is 0 Å². The SMILES string of the molecule is Nc1ccc2c(c1)C(=O)N(Cc1cc(Br)ccc1F)C2. The molecule has 0 bridgehead atoms. The lowest BCUT2D eigenvalue weighted by atomic mass is 10.1. The van der Waals surface area contributed by atoms with Crippen LogP contribution in [0.2, 0.25) is 0 Å². The van der Waals surface area contributed by atoms with Gasteiger partial charge in [-0.2, -0.15) is 0 Å². The van der Waals surface area contributed by atoms with Gasteiger partial charge in [0, 0.05) is 34.4 Å². The highest BCUT2D eigenvalue weighted by molar-refractivity contribution is 9.10. The molecule has 1 heterocycles. The Balaban J connectivity index is 1.88. The first-order valence-corrected chi connectivity index (χ1v) is 6.95. The third-order valence-electron chi connectivity index (χ3n) is 3.38. The van der Waals surface area contributed by atoms with Gasteiger partial charge in [-0.15, -0.1) is 0 Å². The quantitative estimate of drug-likeness (QED) is 0.856. The van der Waals surface area contributed by atoms with Crippen molar-refractivity contribution in [2.24, 2.45) is 0 Å². The van der Waals surface area contributed by atoms with Crippen LogP contribution in [0.5, 0.6) is 0 Å². The fraction of sp³-hybridized carbons (Fsp3) is 0.133. The Bertz CT molecular complexity index is 702. The number of halogens is 2. The topological polar surface area (TPSA) is 46.3 Å². The molecule has 0 aromatic heterocycles. The first-order chi connectivity index (χ1) is 9.54. The molecule has 1 amide bonds. The summed E-state index contributed by atoms with van der Waals surface area (Å²) in [7, 11) is 0. The van der Waals surface area contributed by atoms with Crippen molar-refractivity contribution in [3.05, 3.63) is 63.4 Å². The largest absolute Gasteiger partial charge is 0.399 e. The molecule has 0 radical (unpaired) electrons. The summed E-state index contributed by atoms with van der Waals surface area (Å²) in [5, 5.41) is 0. The van der Waals surface area contributed by atoms with Crippen LogP contribution in [0.3, 0.4) is 0 Å². The number of anilines is 1. The first kappa shape index (κ1) is 13.1. The van der Waals surface area contributed by atoms with E-state index in [1.807, 2.05) is 6.07 Å². The lowest BCUT2D eigenvalue weighted by Gasteiger charge is -2.16. The molecule has 0 unspecified atom stereocenters. The summed E-state index contributed by atoms with van der Waals surface area (Å²) < 4.78 is 14.6. The van der Waals surface area contributed by atoms with Crippen molar-refractivity contribution >= 4 is 27.5 Å². The molecule has 3 nitrogen and oxygen atoms in total. The zero-order valence-corrected chi connectivity index (χ0v) is 12.2. The summed E-state index contributed by atoms with van der Waals surface area (Å²) >= 11 is 3.31.